The van der Waals surface area contributed by atoms with E-state index in [-0.39, 0.29) is 18.1 Å². The average Bonchev–Trinajstić information content (AvgIpc) is 2.58. The van der Waals surface area contributed by atoms with Crippen molar-refractivity contribution in [3.05, 3.63) is 70.7 Å². The number of benzene rings is 2. The third kappa shape index (κ3) is 5.64. The van der Waals surface area contributed by atoms with E-state index in [0.717, 1.165) is 11.1 Å². The van der Waals surface area contributed by atoms with Gasteiger partial charge in [0.15, 0.2) is 0 Å². The molecule has 2 atom stereocenters. The lowest BCUT2D eigenvalue weighted by molar-refractivity contribution is -0.146. The summed E-state index contributed by atoms with van der Waals surface area (Å²) in [4.78, 5) is 11.4. The second kappa shape index (κ2) is 9.42. The van der Waals surface area contributed by atoms with Crippen molar-refractivity contribution in [2.24, 2.45) is 0 Å². The summed E-state index contributed by atoms with van der Waals surface area (Å²) in [6.07, 6.45) is -0.386. The highest BCUT2D eigenvalue weighted by Gasteiger charge is 2.18. The van der Waals surface area contributed by atoms with E-state index in [0.29, 0.717) is 18.2 Å². The topological polar surface area (TPSA) is 47.6 Å². The molecule has 2 aromatic carbocycles. The zero-order valence-electron chi connectivity index (χ0n) is 13.9. The molecule has 0 aliphatic rings. The van der Waals surface area contributed by atoms with Crippen molar-refractivity contribution in [2.75, 3.05) is 20.3 Å². The molecular formula is C19H22ClNO3. The molecule has 0 unspecified atom stereocenters. The molecule has 2 aromatic rings. The van der Waals surface area contributed by atoms with Crippen molar-refractivity contribution < 1.29 is 14.3 Å². The largest absolute Gasteiger partial charge is 0.456 e. The number of carbonyl (C=O) groups excluding carboxylic acids is 1. The van der Waals surface area contributed by atoms with Crippen molar-refractivity contribution in [1.29, 1.82) is 0 Å². The minimum Gasteiger partial charge on any atom is -0.456 e. The molecular weight excluding hydrogens is 326 g/mol. The van der Waals surface area contributed by atoms with Gasteiger partial charge in [-0.25, -0.2) is 0 Å². The van der Waals surface area contributed by atoms with E-state index < -0.39 is 0 Å². The lowest BCUT2D eigenvalue weighted by Gasteiger charge is -2.23. The molecule has 0 aliphatic carbocycles. The number of rotatable bonds is 8. The lowest BCUT2D eigenvalue weighted by atomic mass is 10.1. The SMILES string of the molecule is COC[C@@H](NC[C@H](OC(C)=O)c1ccc(Cl)cc1)c1ccccc1. The number of hydrogen-bond donors (Lipinski definition) is 1. The monoisotopic (exact) mass is 347 g/mol. The maximum Gasteiger partial charge on any atom is 0.303 e. The second-order valence-corrected chi connectivity index (χ2v) is 5.91. The number of carbonyl (C=O) groups is 1. The molecule has 0 aromatic heterocycles. The minimum absolute atomic E-state index is 0.0153. The quantitative estimate of drug-likeness (QED) is 0.735. The molecule has 0 saturated carbocycles. The summed E-state index contributed by atoms with van der Waals surface area (Å²) < 4.78 is 10.8. The highest BCUT2D eigenvalue weighted by molar-refractivity contribution is 6.30. The van der Waals surface area contributed by atoms with Crippen molar-refractivity contribution in [3.8, 4) is 0 Å². The standard InChI is InChI=1S/C19H22ClNO3/c1-14(22)24-19(16-8-10-17(20)11-9-16)12-21-18(13-23-2)15-6-4-3-5-7-15/h3-11,18-19,21H,12-13H2,1-2H3/t18-,19+/m1/s1. The van der Waals surface area contributed by atoms with Crippen molar-refractivity contribution >= 4 is 17.6 Å². The molecule has 0 bridgehead atoms. The Morgan fingerprint density at radius 1 is 1.08 bits per heavy atom. The van der Waals surface area contributed by atoms with Crippen LogP contribution in [0.3, 0.4) is 0 Å². The van der Waals surface area contributed by atoms with Crippen LogP contribution in [0.15, 0.2) is 54.6 Å². The number of methoxy groups -OCH3 is 1. The summed E-state index contributed by atoms with van der Waals surface area (Å²) in [5.41, 5.74) is 2.02. The van der Waals surface area contributed by atoms with Crippen LogP contribution in [0.25, 0.3) is 0 Å². The highest BCUT2D eigenvalue weighted by atomic mass is 35.5. The summed E-state index contributed by atoms with van der Waals surface area (Å²) in [7, 11) is 1.67. The van der Waals surface area contributed by atoms with Crippen molar-refractivity contribution in [3.63, 3.8) is 0 Å². The predicted molar refractivity (Wildman–Crippen MR) is 95.0 cm³/mol. The molecule has 0 aliphatic heterocycles. The zero-order valence-corrected chi connectivity index (χ0v) is 14.6. The molecule has 0 spiro atoms. The molecule has 0 radical (unpaired) electrons. The zero-order chi connectivity index (χ0) is 17.4. The van der Waals surface area contributed by atoms with Crippen LogP contribution >= 0.6 is 11.6 Å². The van der Waals surface area contributed by atoms with Gasteiger partial charge in [-0.15, -0.1) is 0 Å². The van der Waals surface area contributed by atoms with Gasteiger partial charge in [-0.2, -0.15) is 0 Å². The fourth-order valence-corrected chi connectivity index (χ4v) is 2.61. The molecule has 0 saturated heterocycles. The maximum atomic E-state index is 11.4. The lowest BCUT2D eigenvalue weighted by Crippen LogP contribution is -2.31. The van der Waals surface area contributed by atoms with E-state index in [9.17, 15) is 4.79 Å². The van der Waals surface area contributed by atoms with E-state index in [2.05, 4.69) is 5.32 Å². The van der Waals surface area contributed by atoms with Crippen LogP contribution in [0, 0.1) is 0 Å². The summed E-state index contributed by atoms with van der Waals surface area (Å²) in [6.45, 7) is 2.41. The minimum atomic E-state index is -0.386. The fraction of sp³-hybridized carbons (Fsp3) is 0.316. The Morgan fingerprint density at radius 2 is 1.75 bits per heavy atom. The molecule has 1 N–H and O–H groups in total. The molecule has 2 rings (SSSR count). The first kappa shape index (κ1) is 18.5. The molecule has 5 heteroatoms. The van der Waals surface area contributed by atoms with E-state index in [1.807, 2.05) is 42.5 Å². The number of halogens is 1. The Morgan fingerprint density at radius 3 is 2.33 bits per heavy atom. The average molecular weight is 348 g/mol. The van der Waals surface area contributed by atoms with Gasteiger partial charge in [0.05, 0.1) is 12.6 Å². The maximum absolute atomic E-state index is 11.4. The molecule has 4 nitrogen and oxygen atoms in total. The number of esters is 1. The number of hydrogen-bond acceptors (Lipinski definition) is 4. The molecule has 24 heavy (non-hydrogen) atoms. The Bertz CT molecular complexity index is 631. The predicted octanol–water partition coefficient (Wildman–Crippen LogP) is 3.92. The summed E-state index contributed by atoms with van der Waals surface area (Å²) in [5, 5.41) is 4.07. The van der Waals surface area contributed by atoms with Gasteiger partial charge in [0.1, 0.15) is 6.10 Å². The first-order chi connectivity index (χ1) is 11.6. The first-order valence-corrected chi connectivity index (χ1v) is 8.18. The summed E-state index contributed by atoms with van der Waals surface area (Å²) >= 11 is 5.93. The Kier molecular flexibility index (Phi) is 7.25. The third-order valence-corrected chi connectivity index (χ3v) is 3.89. The summed E-state index contributed by atoms with van der Waals surface area (Å²) in [5.74, 6) is -0.320. The van der Waals surface area contributed by atoms with Gasteiger partial charge in [-0.3, -0.25) is 4.79 Å². The Balaban J connectivity index is 2.10. The number of nitrogens with one attached hydrogen (secondary N) is 1. The molecule has 128 valence electrons. The summed E-state index contributed by atoms with van der Waals surface area (Å²) in [6, 6.07) is 17.4. The van der Waals surface area contributed by atoms with Crippen LogP contribution in [-0.2, 0) is 14.3 Å². The molecule has 0 amide bonds. The van der Waals surface area contributed by atoms with Crippen LogP contribution in [0.5, 0.6) is 0 Å². The van der Waals surface area contributed by atoms with E-state index in [1.54, 1.807) is 19.2 Å². The van der Waals surface area contributed by atoms with Crippen LogP contribution < -0.4 is 5.32 Å². The van der Waals surface area contributed by atoms with Gasteiger partial charge in [-0.05, 0) is 23.3 Å². The van der Waals surface area contributed by atoms with Crippen LogP contribution in [-0.4, -0.2) is 26.2 Å². The Hall–Kier alpha value is -1.88. The van der Waals surface area contributed by atoms with E-state index in [4.69, 9.17) is 21.1 Å². The Labute approximate surface area is 147 Å². The first-order valence-electron chi connectivity index (χ1n) is 7.80. The van der Waals surface area contributed by atoms with Crippen LogP contribution in [0.4, 0.5) is 0 Å². The molecule has 0 heterocycles. The molecule has 0 fully saturated rings. The normalized spacial score (nSPS) is 13.3. The van der Waals surface area contributed by atoms with E-state index in [1.165, 1.54) is 6.92 Å². The van der Waals surface area contributed by atoms with Gasteiger partial charge < -0.3 is 14.8 Å². The number of ether oxygens (including phenoxy) is 2. The van der Waals surface area contributed by atoms with Gasteiger partial charge in [0.25, 0.3) is 0 Å². The van der Waals surface area contributed by atoms with Crippen molar-refractivity contribution in [1.82, 2.24) is 5.32 Å². The second-order valence-electron chi connectivity index (χ2n) is 5.48. The van der Waals surface area contributed by atoms with Crippen molar-refractivity contribution in [2.45, 2.75) is 19.1 Å². The highest BCUT2D eigenvalue weighted by Crippen LogP contribution is 2.21. The smallest absolute Gasteiger partial charge is 0.303 e. The van der Waals surface area contributed by atoms with Crippen LogP contribution in [0.1, 0.15) is 30.2 Å². The van der Waals surface area contributed by atoms with Gasteiger partial charge in [0.2, 0.25) is 0 Å². The van der Waals surface area contributed by atoms with E-state index >= 15 is 0 Å². The third-order valence-electron chi connectivity index (χ3n) is 3.63. The van der Waals surface area contributed by atoms with Gasteiger partial charge in [-0.1, -0.05) is 54.1 Å². The van der Waals surface area contributed by atoms with Gasteiger partial charge in [0, 0.05) is 25.6 Å². The van der Waals surface area contributed by atoms with Gasteiger partial charge >= 0.3 is 5.97 Å². The fourth-order valence-electron chi connectivity index (χ4n) is 2.48. The van der Waals surface area contributed by atoms with Crippen LogP contribution in [0.2, 0.25) is 5.02 Å².